The average molecular weight is 357 g/mol. The first-order chi connectivity index (χ1) is 9.56. The van der Waals surface area contributed by atoms with Crippen LogP contribution in [-0.2, 0) is 6.42 Å². The molecule has 0 bridgehead atoms. The summed E-state index contributed by atoms with van der Waals surface area (Å²) in [7, 11) is 0. The number of benzene rings is 1. The van der Waals surface area contributed by atoms with Crippen molar-refractivity contribution in [2.75, 3.05) is 10.7 Å². The number of hydrogen-bond acceptors (Lipinski definition) is 5. The molecule has 0 aliphatic rings. The van der Waals surface area contributed by atoms with Crippen LogP contribution in [0.3, 0.4) is 0 Å². The standard InChI is InChI=1S/C13H15BrClN5/c1-3-8-12(17-6-18-13(8)20-16)19-11-5-10(15)7(2)4-9(11)14/h4-6H,3,16H2,1-2H3,(H2,17,18,19,20). The number of aryl methyl sites for hydroxylation is 1. The summed E-state index contributed by atoms with van der Waals surface area (Å²) in [4.78, 5) is 8.36. The lowest BCUT2D eigenvalue weighted by atomic mass is 10.2. The molecule has 20 heavy (non-hydrogen) atoms. The molecule has 0 amide bonds. The van der Waals surface area contributed by atoms with Crippen LogP contribution in [0.2, 0.25) is 5.02 Å². The lowest BCUT2D eigenvalue weighted by Crippen LogP contribution is -2.13. The molecular weight excluding hydrogens is 342 g/mol. The van der Waals surface area contributed by atoms with Gasteiger partial charge < -0.3 is 10.7 Å². The summed E-state index contributed by atoms with van der Waals surface area (Å²) in [5.74, 6) is 6.78. The normalized spacial score (nSPS) is 10.4. The Hall–Kier alpha value is -1.37. The van der Waals surface area contributed by atoms with E-state index in [0.717, 1.165) is 27.7 Å². The van der Waals surface area contributed by atoms with Gasteiger partial charge in [0.1, 0.15) is 18.0 Å². The molecule has 1 aromatic heterocycles. The summed E-state index contributed by atoms with van der Waals surface area (Å²) in [6, 6.07) is 3.82. The third-order valence-corrected chi connectivity index (χ3v) is 4.00. The van der Waals surface area contributed by atoms with E-state index in [-0.39, 0.29) is 0 Å². The molecule has 2 aromatic rings. The molecule has 0 atom stereocenters. The van der Waals surface area contributed by atoms with Crippen LogP contribution in [0.15, 0.2) is 22.9 Å². The Labute approximate surface area is 131 Å². The third-order valence-electron chi connectivity index (χ3n) is 2.94. The number of nitrogen functional groups attached to an aromatic ring is 1. The predicted octanol–water partition coefficient (Wildman–Crippen LogP) is 3.79. The van der Waals surface area contributed by atoms with Gasteiger partial charge in [-0.3, -0.25) is 0 Å². The van der Waals surface area contributed by atoms with E-state index in [9.17, 15) is 0 Å². The average Bonchev–Trinajstić information content (AvgIpc) is 2.44. The first-order valence-corrected chi connectivity index (χ1v) is 7.27. The number of nitrogens with one attached hydrogen (secondary N) is 2. The highest BCUT2D eigenvalue weighted by molar-refractivity contribution is 9.10. The molecule has 2 rings (SSSR count). The van der Waals surface area contributed by atoms with Gasteiger partial charge in [0, 0.05) is 15.1 Å². The van der Waals surface area contributed by atoms with Crippen LogP contribution in [0, 0.1) is 6.92 Å². The van der Waals surface area contributed by atoms with Crippen molar-refractivity contribution in [3.05, 3.63) is 39.1 Å². The minimum Gasteiger partial charge on any atom is -0.339 e. The Morgan fingerprint density at radius 2 is 2.00 bits per heavy atom. The second-order valence-corrected chi connectivity index (χ2v) is 5.52. The predicted molar refractivity (Wildman–Crippen MR) is 86.4 cm³/mol. The second-order valence-electron chi connectivity index (χ2n) is 4.25. The fourth-order valence-corrected chi connectivity index (χ4v) is 2.57. The Kier molecular flexibility index (Phi) is 4.80. The van der Waals surface area contributed by atoms with E-state index in [1.165, 1.54) is 6.33 Å². The van der Waals surface area contributed by atoms with E-state index in [2.05, 4.69) is 36.6 Å². The largest absolute Gasteiger partial charge is 0.339 e. The number of hydrazine groups is 1. The monoisotopic (exact) mass is 355 g/mol. The van der Waals surface area contributed by atoms with Crippen LogP contribution < -0.4 is 16.6 Å². The van der Waals surface area contributed by atoms with Crippen molar-refractivity contribution in [1.82, 2.24) is 9.97 Å². The van der Waals surface area contributed by atoms with Gasteiger partial charge in [0.15, 0.2) is 0 Å². The molecule has 0 aliphatic heterocycles. The fraction of sp³-hybridized carbons (Fsp3) is 0.231. The number of aromatic nitrogens is 2. The maximum atomic E-state index is 6.16. The molecule has 0 unspecified atom stereocenters. The highest BCUT2D eigenvalue weighted by Crippen LogP contribution is 2.32. The summed E-state index contributed by atoms with van der Waals surface area (Å²) < 4.78 is 0.919. The molecule has 106 valence electrons. The lowest BCUT2D eigenvalue weighted by molar-refractivity contribution is 1.04. The van der Waals surface area contributed by atoms with Crippen molar-refractivity contribution in [1.29, 1.82) is 0 Å². The number of anilines is 3. The Morgan fingerprint density at radius 3 is 2.65 bits per heavy atom. The summed E-state index contributed by atoms with van der Waals surface area (Å²) in [6.07, 6.45) is 2.21. The molecule has 0 fully saturated rings. The van der Waals surface area contributed by atoms with Crippen LogP contribution in [0.25, 0.3) is 0 Å². The summed E-state index contributed by atoms with van der Waals surface area (Å²) in [6.45, 7) is 3.97. The number of nitrogens with zero attached hydrogens (tertiary/aromatic N) is 2. The Morgan fingerprint density at radius 1 is 1.30 bits per heavy atom. The van der Waals surface area contributed by atoms with Crippen molar-refractivity contribution in [2.45, 2.75) is 20.3 Å². The van der Waals surface area contributed by atoms with E-state index < -0.39 is 0 Å². The van der Waals surface area contributed by atoms with Gasteiger partial charge >= 0.3 is 0 Å². The topological polar surface area (TPSA) is 75.9 Å². The van der Waals surface area contributed by atoms with Crippen molar-refractivity contribution in [3.8, 4) is 0 Å². The molecular formula is C13H15BrClN5. The van der Waals surface area contributed by atoms with Crippen LogP contribution in [-0.4, -0.2) is 9.97 Å². The molecule has 0 saturated carbocycles. The van der Waals surface area contributed by atoms with Crippen molar-refractivity contribution in [3.63, 3.8) is 0 Å². The van der Waals surface area contributed by atoms with Gasteiger partial charge in [-0.25, -0.2) is 15.8 Å². The van der Waals surface area contributed by atoms with E-state index in [1.807, 2.05) is 26.0 Å². The van der Waals surface area contributed by atoms with E-state index >= 15 is 0 Å². The molecule has 0 aliphatic carbocycles. The third kappa shape index (κ3) is 3.03. The maximum absolute atomic E-state index is 6.16. The zero-order chi connectivity index (χ0) is 14.7. The van der Waals surface area contributed by atoms with Gasteiger partial charge in [0.25, 0.3) is 0 Å². The van der Waals surface area contributed by atoms with Crippen molar-refractivity contribution in [2.24, 2.45) is 5.84 Å². The molecule has 1 aromatic carbocycles. The zero-order valence-electron chi connectivity index (χ0n) is 11.2. The Bertz CT molecular complexity index is 632. The number of halogens is 2. The SMILES string of the molecule is CCc1c(NN)ncnc1Nc1cc(Cl)c(C)cc1Br. The molecule has 0 radical (unpaired) electrons. The highest BCUT2D eigenvalue weighted by atomic mass is 79.9. The van der Waals surface area contributed by atoms with Crippen molar-refractivity contribution >= 4 is 44.9 Å². The van der Waals surface area contributed by atoms with Gasteiger partial charge in [-0.15, -0.1) is 0 Å². The number of nitrogens with two attached hydrogens (primary N) is 1. The quantitative estimate of drug-likeness (QED) is 0.574. The minimum atomic E-state index is 0.610. The summed E-state index contributed by atoms with van der Waals surface area (Å²) in [5.41, 5.74) is 5.34. The first-order valence-electron chi connectivity index (χ1n) is 6.10. The Balaban J connectivity index is 2.42. The highest BCUT2D eigenvalue weighted by Gasteiger charge is 2.11. The number of rotatable bonds is 4. The lowest BCUT2D eigenvalue weighted by Gasteiger charge is -2.14. The molecule has 0 spiro atoms. The molecule has 4 N–H and O–H groups in total. The van der Waals surface area contributed by atoms with Crippen LogP contribution in [0.1, 0.15) is 18.1 Å². The van der Waals surface area contributed by atoms with Gasteiger partial charge in [0.05, 0.1) is 5.69 Å². The van der Waals surface area contributed by atoms with Gasteiger partial charge in [-0.05, 0) is 47.0 Å². The number of hydrogen-bond donors (Lipinski definition) is 3. The maximum Gasteiger partial charge on any atom is 0.148 e. The minimum absolute atomic E-state index is 0.610. The summed E-state index contributed by atoms with van der Waals surface area (Å²) in [5, 5.41) is 3.95. The van der Waals surface area contributed by atoms with E-state index in [1.54, 1.807) is 0 Å². The molecule has 1 heterocycles. The zero-order valence-corrected chi connectivity index (χ0v) is 13.5. The fourth-order valence-electron chi connectivity index (χ4n) is 1.85. The van der Waals surface area contributed by atoms with E-state index in [0.29, 0.717) is 16.7 Å². The van der Waals surface area contributed by atoms with Gasteiger partial charge in [-0.1, -0.05) is 18.5 Å². The molecule has 5 nitrogen and oxygen atoms in total. The van der Waals surface area contributed by atoms with Gasteiger partial charge in [0.2, 0.25) is 0 Å². The molecule has 0 saturated heterocycles. The first kappa shape index (κ1) is 15.0. The van der Waals surface area contributed by atoms with Crippen LogP contribution >= 0.6 is 27.5 Å². The van der Waals surface area contributed by atoms with Crippen LogP contribution in [0.5, 0.6) is 0 Å². The van der Waals surface area contributed by atoms with Crippen LogP contribution in [0.4, 0.5) is 17.3 Å². The second kappa shape index (κ2) is 6.39. The van der Waals surface area contributed by atoms with Crippen molar-refractivity contribution < 1.29 is 0 Å². The summed E-state index contributed by atoms with van der Waals surface area (Å²) >= 11 is 9.67. The van der Waals surface area contributed by atoms with Gasteiger partial charge in [-0.2, -0.15) is 0 Å². The van der Waals surface area contributed by atoms with E-state index in [4.69, 9.17) is 17.4 Å². The smallest absolute Gasteiger partial charge is 0.148 e. The molecule has 7 heteroatoms.